The van der Waals surface area contributed by atoms with E-state index in [1.807, 2.05) is 61.9 Å². The number of para-hydroxylation sites is 1. The molecule has 1 N–H and O–H groups in total. The molecule has 0 saturated heterocycles. The molecule has 0 radical (unpaired) electrons. The number of anilines is 1. The topological polar surface area (TPSA) is 46.9 Å². The van der Waals surface area contributed by atoms with Crippen molar-refractivity contribution in [1.82, 2.24) is 8.96 Å². The Hall–Kier alpha value is -2.76. The van der Waals surface area contributed by atoms with Crippen molar-refractivity contribution in [2.24, 2.45) is 5.41 Å². The van der Waals surface area contributed by atoms with Gasteiger partial charge in [0.05, 0.1) is 10.7 Å². The lowest BCUT2D eigenvalue weighted by molar-refractivity contribution is -0.111. The molecule has 0 fully saturated rings. The second-order valence-electron chi connectivity index (χ2n) is 9.50. The summed E-state index contributed by atoms with van der Waals surface area (Å²) in [6.07, 6.45) is 20.0. The molecule has 2 aromatic rings. The van der Waals surface area contributed by atoms with Gasteiger partial charge in [-0.05, 0) is 74.3 Å². The number of aromatic nitrogens is 2. The molecule has 1 unspecified atom stereocenters. The van der Waals surface area contributed by atoms with Crippen LogP contribution >= 0.6 is 23.5 Å². The predicted molar refractivity (Wildman–Crippen MR) is 151 cm³/mol. The van der Waals surface area contributed by atoms with E-state index in [4.69, 9.17) is 11.6 Å². The van der Waals surface area contributed by atoms with Crippen LogP contribution in [0.2, 0.25) is 5.02 Å². The van der Waals surface area contributed by atoms with Crippen molar-refractivity contribution in [3.05, 3.63) is 107 Å². The van der Waals surface area contributed by atoms with Crippen molar-refractivity contribution < 1.29 is 4.79 Å². The highest BCUT2D eigenvalue weighted by atomic mass is 35.5. The monoisotopic (exact) mass is 507 g/mol. The number of hydrogen-bond donors (Lipinski definition) is 1. The first kappa shape index (κ1) is 26.8. The average molecular weight is 508 g/mol. The summed E-state index contributed by atoms with van der Waals surface area (Å²) in [5.74, 6) is -0.203. The Morgan fingerprint density at radius 2 is 2.00 bits per heavy atom. The van der Waals surface area contributed by atoms with Gasteiger partial charge in [-0.15, -0.1) is 0 Å². The van der Waals surface area contributed by atoms with E-state index in [9.17, 15) is 4.79 Å². The summed E-state index contributed by atoms with van der Waals surface area (Å²) in [6.45, 7) is 10.9. The van der Waals surface area contributed by atoms with Crippen molar-refractivity contribution in [3.8, 4) is 0 Å². The maximum atomic E-state index is 12.2. The fourth-order valence-electron chi connectivity index (χ4n) is 4.10. The summed E-state index contributed by atoms with van der Waals surface area (Å²) >= 11 is 7.94. The van der Waals surface area contributed by atoms with E-state index in [1.165, 1.54) is 11.1 Å². The zero-order valence-corrected chi connectivity index (χ0v) is 22.7. The van der Waals surface area contributed by atoms with Gasteiger partial charge >= 0.3 is 0 Å². The number of carbonyl (C=O) groups is 1. The lowest BCUT2D eigenvalue weighted by atomic mass is 9.72. The summed E-state index contributed by atoms with van der Waals surface area (Å²) in [7, 11) is 0. The minimum Gasteiger partial charge on any atom is -0.321 e. The lowest BCUT2D eigenvalue weighted by Gasteiger charge is -2.37. The van der Waals surface area contributed by atoms with Gasteiger partial charge in [0.1, 0.15) is 6.33 Å². The molecule has 0 aliphatic heterocycles. The van der Waals surface area contributed by atoms with Gasteiger partial charge in [-0.2, -0.15) is 0 Å². The Morgan fingerprint density at radius 3 is 2.71 bits per heavy atom. The molecule has 6 heteroatoms. The highest BCUT2D eigenvalue weighted by Crippen LogP contribution is 2.44. The molecule has 1 aromatic heterocycles. The maximum absolute atomic E-state index is 12.2. The van der Waals surface area contributed by atoms with Crippen LogP contribution in [0.25, 0.3) is 0 Å². The normalized spacial score (nSPS) is 19.1. The van der Waals surface area contributed by atoms with E-state index < -0.39 is 0 Å². The van der Waals surface area contributed by atoms with E-state index >= 15 is 0 Å². The molecule has 0 bridgehead atoms. The number of carbonyl (C=O) groups excluding carboxylic acids is 1. The molecule has 0 saturated carbocycles. The van der Waals surface area contributed by atoms with Crippen molar-refractivity contribution in [3.63, 3.8) is 0 Å². The summed E-state index contributed by atoms with van der Waals surface area (Å²) in [5.41, 5.74) is 5.60. The van der Waals surface area contributed by atoms with Crippen LogP contribution in [0.4, 0.5) is 5.69 Å². The lowest BCUT2D eigenvalue weighted by Crippen LogP contribution is -2.26. The third-order valence-electron chi connectivity index (χ3n) is 6.12. The van der Waals surface area contributed by atoms with Crippen LogP contribution in [0, 0.1) is 5.41 Å². The first-order valence-electron chi connectivity index (χ1n) is 11.8. The largest absolute Gasteiger partial charge is 0.321 e. The third kappa shape index (κ3) is 7.87. The number of nitrogens with zero attached hydrogens (tertiary/aromatic N) is 2. The predicted octanol–water partition coefficient (Wildman–Crippen LogP) is 8.18. The summed E-state index contributed by atoms with van der Waals surface area (Å²) in [6, 6.07) is 7.20. The van der Waals surface area contributed by atoms with Crippen LogP contribution in [0.3, 0.4) is 0 Å². The van der Waals surface area contributed by atoms with Gasteiger partial charge in [0.15, 0.2) is 0 Å². The summed E-state index contributed by atoms with van der Waals surface area (Å²) in [5, 5.41) is 3.78. The zero-order chi connectivity index (χ0) is 25.4. The van der Waals surface area contributed by atoms with Gasteiger partial charge in [0.25, 0.3) is 0 Å². The molecule has 184 valence electrons. The Balaban J connectivity index is 1.64. The molecular weight excluding hydrogens is 474 g/mol. The average Bonchev–Trinajstić information content (AvgIpc) is 3.30. The second kappa shape index (κ2) is 12.3. The SMILES string of the molecule is CC1=C(/C=C/C(C)=C/C=C/C(C)=C/C(=O)Nc2ccccc2Cl)C(C)(C)CCC1Sn1ccnc1. The number of rotatable bonds is 8. The Kier molecular flexibility index (Phi) is 9.41. The number of hydrogen-bond acceptors (Lipinski definition) is 3. The van der Waals surface area contributed by atoms with Gasteiger partial charge < -0.3 is 5.32 Å². The highest BCUT2D eigenvalue weighted by molar-refractivity contribution is 7.98. The molecule has 0 spiro atoms. The van der Waals surface area contributed by atoms with Crippen LogP contribution in [-0.2, 0) is 4.79 Å². The van der Waals surface area contributed by atoms with E-state index in [2.05, 4.69) is 60.2 Å². The molecule has 3 rings (SSSR count). The van der Waals surface area contributed by atoms with Crippen molar-refractivity contribution in [2.45, 2.75) is 52.7 Å². The standard InChI is InChI=1S/C29H34ClN3OS/c1-21(9-8-10-22(2)19-28(34)32-26-12-7-6-11-25(26)30)13-14-24-23(3)27(15-16-29(24,4)5)35-33-18-17-31-20-33/h6-14,17-20,27H,15-16H2,1-5H3,(H,32,34)/b10-8+,14-13+,21-9+,22-19+. The molecule has 35 heavy (non-hydrogen) atoms. The number of nitrogens with one attached hydrogen (secondary N) is 1. The Bertz CT molecular complexity index is 1190. The molecule has 1 aliphatic carbocycles. The van der Waals surface area contributed by atoms with Crippen molar-refractivity contribution in [2.75, 3.05) is 5.32 Å². The molecule has 1 aromatic carbocycles. The number of amides is 1. The van der Waals surface area contributed by atoms with Crippen LogP contribution in [-0.4, -0.2) is 20.1 Å². The van der Waals surface area contributed by atoms with Crippen LogP contribution in [0.1, 0.15) is 47.5 Å². The fraction of sp³-hybridized carbons (Fsp3) is 0.310. The number of imidazole rings is 1. The highest BCUT2D eigenvalue weighted by Gasteiger charge is 2.32. The molecular formula is C29H34ClN3OS. The Labute approximate surface area is 218 Å². The second-order valence-corrected chi connectivity index (χ2v) is 11.1. The van der Waals surface area contributed by atoms with E-state index in [-0.39, 0.29) is 11.3 Å². The summed E-state index contributed by atoms with van der Waals surface area (Å²) in [4.78, 5) is 16.4. The van der Waals surface area contributed by atoms with Gasteiger partial charge in [0.2, 0.25) is 5.91 Å². The van der Waals surface area contributed by atoms with Gasteiger partial charge in [-0.1, -0.05) is 79.1 Å². The molecule has 1 aliphatic rings. The van der Waals surface area contributed by atoms with E-state index in [0.717, 1.165) is 24.0 Å². The van der Waals surface area contributed by atoms with Crippen molar-refractivity contribution >= 4 is 35.1 Å². The van der Waals surface area contributed by atoms with E-state index in [0.29, 0.717) is 16.0 Å². The van der Waals surface area contributed by atoms with Crippen molar-refractivity contribution in [1.29, 1.82) is 0 Å². The molecule has 1 amide bonds. The number of benzene rings is 1. The van der Waals surface area contributed by atoms with E-state index in [1.54, 1.807) is 18.2 Å². The first-order valence-corrected chi connectivity index (χ1v) is 13.0. The quantitative estimate of drug-likeness (QED) is 0.289. The van der Waals surface area contributed by atoms with Gasteiger partial charge in [-0.25, -0.2) is 4.98 Å². The number of halogens is 1. The first-order chi connectivity index (χ1) is 16.7. The fourth-order valence-corrected chi connectivity index (χ4v) is 5.32. The van der Waals surface area contributed by atoms with Crippen LogP contribution in [0.15, 0.2) is 102 Å². The third-order valence-corrected chi connectivity index (χ3v) is 7.75. The van der Waals surface area contributed by atoms with Gasteiger partial charge in [-0.3, -0.25) is 8.77 Å². The van der Waals surface area contributed by atoms with Crippen LogP contribution < -0.4 is 5.32 Å². The number of allylic oxidation sites excluding steroid dienone is 8. The Morgan fingerprint density at radius 1 is 1.23 bits per heavy atom. The molecule has 1 atom stereocenters. The smallest absolute Gasteiger partial charge is 0.248 e. The summed E-state index contributed by atoms with van der Waals surface area (Å²) < 4.78 is 2.09. The minimum absolute atomic E-state index is 0.150. The van der Waals surface area contributed by atoms with Gasteiger partial charge in [0, 0.05) is 23.7 Å². The molecule has 4 nitrogen and oxygen atoms in total. The maximum Gasteiger partial charge on any atom is 0.248 e. The minimum atomic E-state index is -0.203. The zero-order valence-electron chi connectivity index (χ0n) is 21.1. The van der Waals surface area contributed by atoms with Crippen LogP contribution in [0.5, 0.6) is 0 Å². The molecule has 1 heterocycles.